The highest BCUT2D eigenvalue weighted by molar-refractivity contribution is 5.76. The van der Waals surface area contributed by atoms with Crippen LogP contribution >= 0.6 is 0 Å². The van der Waals surface area contributed by atoms with Gasteiger partial charge in [0.05, 0.1) is 18.8 Å². The van der Waals surface area contributed by atoms with Crippen LogP contribution < -0.4 is 0 Å². The molecule has 3 rings (SSSR count). The maximum atomic E-state index is 12.4. The van der Waals surface area contributed by atoms with Crippen molar-refractivity contribution in [1.82, 2.24) is 24.6 Å². The molecule has 0 spiro atoms. The molecule has 0 aromatic carbocycles. The van der Waals surface area contributed by atoms with E-state index in [0.717, 1.165) is 17.2 Å². The van der Waals surface area contributed by atoms with Gasteiger partial charge in [-0.3, -0.25) is 9.48 Å². The van der Waals surface area contributed by atoms with E-state index in [9.17, 15) is 4.79 Å². The summed E-state index contributed by atoms with van der Waals surface area (Å²) in [6.07, 6.45) is 3.25. The van der Waals surface area contributed by atoms with Crippen LogP contribution in [0.4, 0.5) is 0 Å². The van der Waals surface area contributed by atoms with Crippen LogP contribution in [0.2, 0.25) is 0 Å². The smallest absolute Gasteiger partial charge is 0.244 e. The molecule has 0 unspecified atom stereocenters. The Kier molecular flexibility index (Phi) is 4.15. The Morgan fingerprint density at radius 2 is 2.27 bits per heavy atom. The highest BCUT2D eigenvalue weighted by atomic mass is 16.5. The standard InChI is InChI=1S/C15H19N5O2/c1-11-8-13(18-12(2)17-11)14-9-19(6-7-22-14)15(21)10-20-5-3-4-16-20/h3-5,8,14H,6-7,9-10H2,1-2H3/t14-/m1/s1. The first-order chi connectivity index (χ1) is 10.6. The third-order valence-electron chi connectivity index (χ3n) is 3.59. The van der Waals surface area contributed by atoms with Crippen molar-refractivity contribution in [3.8, 4) is 0 Å². The number of aromatic nitrogens is 4. The molecular formula is C15H19N5O2. The zero-order valence-corrected chi connectivity index (χ0v) is 12.8. The Morgan fingerprint density at radius 1 is 1.41 bits per heavy atom. The number of carbonyl (C=O) groups is 1. The Hall–Kier alpha value is -2.28. The summed E-state index contributed by atoms with van der Waals surface area (Å²) in [4.78, 5) is 22.9. The summed E-state index contributed by atoms with van der Waals surface area (Å²) in [5.41, 5.74) is 1.74. The van der Waals surface area contributed by atoms with Crippen LogP contribution in [0.15, 0.2) is 24.5 Å². The lowest BCUT2D eigenvalue weighted by Crippen LogP contribution is -2.44. The largest absolute Gasteiger partial charge is 0.368 e. The Balaban J connectivity index is 1.69. The van der Waals surface area contributed by atoms with Gasteiger partial charge in [0.2, 0.25) is 5.91 Å². The average Bonchev–Trinajstić information content (AvgIpc) is 2.99. The van der Waals surface area contributed by atoms with E-state index in [4.69, 9.17) is 4.74 Å². The Morgan fingerprint density at radius 3 is 3.00 bits per heavy atom. The molecule has 0 radical (unpaired) electrons. The first-order valence-corrected chi connectivity index (χ1v) is 7.31. The number of morpholine rings is 1. The second-order valence-corrected chi connectivity index (χ2v) is 5.38. The fourth-order valence-corrected chi connectivity index (χ4v) is 2.60. The van der Waals surface area contributed by atoms with Crippen molar-refractivity contribution in [3.63, 3.8) is 0 Å². The molecule has 1 amide bonds. The molecule has 1 aliphatic rings. The van der Waals surface area contributed by atoms with E-state index in [-0.39, 0.29) is 18.6 Å². The SMILES string of the molecule is Cc1cc([C@H]2CN(C(=O)Cn3cccn3)CCO2)nc(C)n1. The zero-order valence-electron chi connectivity index (χ0n) is 12.8. The monoisotopic (exact) mass is 301 g/mol. The van der Waals surface area contributed by atoms with Crippen molar-refractivity contribution >= 4 is 5.91 Å². The van der Waals surface area contributed by atoms with Gasteiger partial charge in [0.25, 0.3) is 0 Å². The van der Waals surface area contributed by atoms with Crippen LogP contribution in [0.3, 0.4) is 0 Å². The lowest BCUT2D eigenvalue weighted by Gasteiger charge is -2.32. The molecule has 0 aliphatic carbocycles. The van der Waals surface area contributed by atoms with Gasteiger partial charge in [-0.1, -0.05) is 0 Å². The predicted molar refractivity (Wildman–Crippen MR) is 79.0 cm³/mol. The summed E-state index contributed by atoms with van der Waals surface area (Å²) < 4.78 is 7.41. The number of ether oxygens (including phenoxy) is 1. The van der Waals surface area contributed by atoms with Gasteiger partial charge in [0.1, 0.15) is 18.5 Å². The van der Waals surface area contributed by atoms with Crippen LogP contribution in [-0.2, 0) is 16.1 Å². The van der Waals surface area contributed by atoms with Gasteiger partial charge in [-0.25, -0.2) is 9.97 Å². The topological polar surface area (TPSA) is 73.1 Å². The number of hydrogen-bond acceptors (Lipinski definition) is 5. The van der Waals surface area contributed by atoms with Crippen molar-refractivity contribution in [1.29, 1.82) is 0 Å². The van der Waals surface area contributed by atoms with E-state index in [0.29, 0.717) is 19.7 Å². The molecule has 2 aromatic rings. The van der Waals surface area contributed by atoms with Gasteiger partial charge in [0.15, 0.2) is 0 Å². The number of aryl methyl sites for hydroxylation is 2. The quantitative estimate of drug-likeness (QED) is 0.842. The van der Waals surface area contributed by atoms with E-state index >= 15 is 0 Å². The van der Waals surface area contributed by atoms with Gasteiger partial charge < -0.3 is 9.64 Å². The first-order valence-electron chi connectivity index (χ1n) is 7.31. The highest BCUT2D eigenvalue weighted by Crippen LogP contribution is 2.21. The van der Waals surface area contributed by atoms with Gasteiger partial charge >= 0.3 is 0 Å². The minimum Gasteiger partial charge on any atom is -0.368 e. The third kappa shape index (κ3) is 3.30. The maximum absolute atomic E-state index is 12.4. The van der Waals surface area contributed by atoms with E-state index < -0.39 is 0 Å². The summed E-state index contributed by atoms with van der Waals surface area (Å²) in [6, 6.07) is 3.72. The summed E-state index contributed by atoms with van der Waals surface area (Å²) >= 11 is 0. The summed E-state index contributed by atoms with van der Waals surface area (Å²) in [5, 5.41) is 4.07. The average molecular weight is 301 g/mol. The predicted octanol–water partition coefficient (Wildman–Crippen LogP) is 0.890. The number of rotatable bonds is 3. The van der Waals surface area contributed by atoms with Crippen molar-refractivity contribution in [2.45, 2.75) is 26.5 Å². The molecule has 3 heterocycles. The summed E-state index contributed by atoms with van der Waals surface area (Å²) in [6.45, 7) is 5.66. The maximum Gasteiger partial charge on any atom is 0.244 e. The number of hydrogen-bond donors (Lipinski definition) is 0. The van der Waals surface area contributed by atoms with Crippen LogP contribution in [0, 0.1) is 13.8 Å². The second kappa shape index (κ2) is 6.23. The minimum absolute atomic E-state index is 0.0412. The molecule has 2 aromatic heterocycles. The molecule has 116 valence electrons. The molecular weight excluding hydrogens is 282 g/mol. The van der Waals surface area contributed by atoms with Crippen LogP contribution in [0.25, 0.3) is 0 Å². The van der Waals surface area contributed by atoms with Crippen molar-refractivity contribution in [2.75, 3.05) is 19.7 Å². The second-order valence-electron chi connectivity index (χ2n) is 5.38. The Labute approximate surface area is 128 Å². The molecule has 1 aliphatic heterocycles. The first kappa shape index (κ1) is 14.6. The molecule has 7 nitrogen and oxygen atoms in total. The highest BCUT2D eigenvalue weighted by Gasteiger charge is 2.26. The summed E-state index contributed by atoms with van der Waals surface area (Å²) in [7, 11) is 0. The third-order valence-corrected chi connectivity index (χ3v) is 3.59. The zero-order chi connectivity index (χ0) is 15.5. The van der Waals surface area contributed by atoms with E-state index in [1.54, 1.807) is 17.1 Å². The molecule has 22 heavy (non-hydrogen) atoms. The van der Waals surface area contributed by atoms with E-state index in [2.05, 4.69) is 15.1 Å². The lowest BCUT2D eigenvalue weighted by atomic mass is 10.1. The van der Waals surface area contributed by atoms with E-state index in [1.807, 2.05) is 30.9 Å². The van der Waals surface area contributed by atoms with Gasteiger partial charge in [0, 0.05) is 24.6 Å². The van der Waals surface area contributed by atoms with Gasteiger partial charge in [-0.2, -0.15) is 5.10 Å². The van der Waals surface area contributed by atoms with Crippen molar-refractivity contribution in [2.24, 2.45) is 0 Å². The molecule has 7 heteroatoms. The number of amides is 1. The van der Waals surface area contributed by atoms with Crippen molar-refractivity contribution in [3.05, 3.63) is 41.7 Å². The normalized spacial score (nSPS) is 18.5. The molecule has 0 saturated carbocycles. The molecule has 0 bridgehead atoms. The van der Waals surface area contributed by atoms with Gasteiger partial charge in [-0.15, -0.1) is 0 Å². The number of nitrogens with zero attached hydrogens (tertiary/aromatic N) is 5. The fraction of sp³-hybridized carbons (Fsp3) is 0.467. The van der Waals surface area contributed by atoms with Crippen LogP contribution in [0.5, 0.6) is 0 Å². The molecule has 1 fully saturated rings. The number of carbonyl (C=O) groups excluding carboxylic acids is 1. The fourth-order valence-electron chi connectivity index (χ4n) is 2.60. The Bertz CT molecular complexity index is 636. The molecule has 1 saturated heterocycles. The minimum atomic E-state index is -0.198. The van der Waals surface area contributed by atoms with Crippen molar-refractivity contribution < 1.29 is 9.53 Å². The molecule has 1 atom stereocenters. The van der Waals surface area contributed by atoms with Crippen LogP contribution in [-0.4, -0.2) is 50.3 Å². The molecule has 0 N–H and O–H groups in total. The summed E-state index contributed by atoms with van der Waals surface area (Å²) in [5.74, 6) is 0.762. The van der Waals surface area contributed by atoms with Crippen LogP contribution in [0.1, 0.15) is 23.3 Å². The van der Waals surface area contributed by atoms with Gasteiger partial charge in [-0.05, 0) is 26.0 Å². The van der Waals surface area contributed by atoms with E-state index in [1.165, 1.54) is 0 Å². The lowest BCUT2D eigenvalue weighted by molar-refractivity contribution is -0.140.